The summed E-state index contributed by atoms with van der Waals surface area (Å²) in [5.41, 5.74) is 3.91. The quantitative estimate of drug-likeness (QED) is 0.696. The van der Waals surface area contributed by atoms with Gasteiger partial charge in [0.1, 0.15) is 5.76 Å². The number of piperazine rings is 1. The van der Waals surface area contributed by atoms with Crippen LogP contribution < -0.4 is 0 Å². The molecule has 3 aromatic rings. The molecule has 1 saturated heterocycles. The Balaban J connectivity index is 1.28. The van der Waals surface area contributed by atoms with Crippen molar-refractivity contribution >= 4 is 0 Å². The lowest BCUT2D eigenvalue weighted by molar-refractivity contribution is 0.122. The predicted octanol–water partition coefficient (Wildman–Crippen LogP) is 4.26. The summed E-state index contributed by atoms with van der Waals surface area (Å²) in [4.78, 5) is 5.09. The first-order valence-corrected chi connectivity index (χ1v) is 8.98. The highest BCUT2D eigenvalue weighted by Gasteiger charge is 2.17. The highest BCUT2D eigenvalue weighted by molar-refractivity contribution is 5.57. The second-order valence-corrected chi connectivity index (χ2v) is 6.71. The molecule has 25 heavy (non-hydrogen) atoms. The van der Waals surface area contributed by atoms with Crippen molar-refractivity contribution in [3.8, 4) is 11.3 Å². The fourth-order valence-electron chi connectivity index (χ4n) is 3.42. The lowest BCUT2D eigenvalue weighted by Gasteiger charge is -2.34. The molecule has 1 aliphatic heterocycles. The number of hydrogen-bond acceptors (Lipinski definition) is 3. The molecule has 1 aliphatic rings. The largest absolute Gasteiger partial charge is 0.464 e. The van der Waals surface area contributed by atoms with Gasteiger partial charge in [0.2, 0.25) is 0 Å². The maximum atomic E-state index is 5.45. The molecule has 0 N–H and O–H groups in total. The average molecular weight is 332 g/mol. The van der Waals surface area contributed by atoms with E-state index in [1.165, 1.54) is 11.1 Å². The van der Waals surface area contributed by atoms with Gasteiger partial charge in [0, 0.05) is 44.8 Å². The van der Waals surface area contributed by atoms with Crippen LogP contribution in [0.1, 0.15) is 11.1 Å². The minimum absolute atomic E-state index is 0.932. The Morgan fingerprint density at radius 1 is 0.640 bits per heavy atom. The zero-order valence-electron chi connectivity index (χ0n) is 14.5. The third-order valence-corrected chi connectivity index (χ3v) is 4.88. The Bertz CT molecular complexity index is 758. The van der Waals surface area contributed by atoms with Gasteiger partial charge in [0.15, 0.2) is 0 Å². The van der Waals surface area contributed by atoms with Crippen LogP contribution in [0.15, 0.2) is 77.4 Å². The smallest absolute Gasteiger partial charge is 0.133 e. The molecule has 128 valence electrons. The Labute approximate surface area is 149 Å². The molecule has 3 nitrogen and oxygen atoms in total. The van der Waals surface area contributed by atoms with Crippen molar-refractivity contribution in [2.24, 2.45) is 0 Å². The van der Waals surface area contributed by atoms with Crippen LogP contribution in [0, 0.1) is 0 Å². The maximum absolute atomic E-state index is 5.45. The Kier molecular flexibility index (Phi) is 4.96. The molecule has 0 aliphatic carbocycles. The molecule has 0 atom stereocenters. The second-order valence-electron chi connectivity index (χ2n) is 6.71. The Hall–Kier alpha value is -2.36. The zero-order valence-corrected chi connectivity index (χ0v) is 14.5. The van der Waals surface area contributed by atoms with Crippen LogP contribution in [0.3, 0.4) is 0 Å². The number of furan rings is 1. The van der Waals surface area contributed by atoms with Crippen molar-refractivity contribution < 1.29 is 4.42 Å². The standard InChI is InChI=1S/C22H24N2O/c1-2-5-19(6-3-1)17-23-12-14-24(15-13-23)18-20-8-10-21(11-9-20)22-7-4-16-25-22/h1-11,16H,12-15,17-18H2. The molecule has 1 fully saturated rings. The van der Waals surface area contributed by atoms with Crippen molar-refractivity contribution in [2.75, 3.05) is 26.2 Å². The van der Waals surface area contributed by atoms with E-state index >= 15 is 0 Å². The molecule has 1 aromatic heterocycles. The molecule has 0 saturated carbocycles. The van der Waals surface area contributed by atoms with E-state index in [0.29, 0.717) is 0 Å². The third-order valence-electron chi connectivity index (χ3n) is 4.88. The minimum Gasteiger partial charge on any atom is -0.464 e. The molecule has 0 spiro atoms. The molecule has 0 radical (unpaired) electrons. The maximum Gasteiger partial charge on any atom is 0.133 e. The molecular weight excluding hydrogens is 308 g/mol. The summed E-state index contributed by atoms with van der Waals surface area (Å²) >= 11 is 0. The van der Waals surface area contributed by atoms with E-state index in [9.17, 15) is 0 Å². The van der Waals surface area contributed by atoms with E-state index in [1.54, 1.807) is 6.26 Å². The van der Waals surface area contributed by atoms with Crippen molar-refractivity contribution in [1.82, 2.24) is 9.80 Å². The zero-order chi connectivity index (χ0) is 16.9. The van der Waals surface area contributed by atoms with Crippen molar-refractivity contribution in [3.63, 3.8) is 0 Å². The number of rotatable bonds is 5. The van der Waals surface area contributed by atoms with Crippen LogP contribution in [-0.2, 0) is 13.1 Å². The van der Waals surface area contributed by atoms with Crippen LogP contribution in [0.25, 0.3) is 11.3 Å². The number of nitrogens with zero attached hydrogens (tertiary/aromatic N) is 2. The van der Waals surface area contributed by atoms with Gasteiger partial charge >= 0.3 is 0 Å². The Morgan fingerprint density at radius 2 is 1.24 bits per heavy atom. The first-order chi connectivity index (χ1) is 12.4. The summed E-state index contributed by atoms with van der Waals surface area (Å²) < 4.78 is 5.45. The van der Waals surface area contributed by atoms with Gasteiger partial charge < -0.3 is 4.42 Å². The van der Waals surface area contributed by atoms with Crippen molar-refractivity contribution in [3.05, 3.63) is 84.1 Å². The van der Waals surface area contributed by atoms with E-state index in [0.717, 1.165) is 50.6 Å². The minimum atomic E-state index is 0.932. The number of hydrogen-bond donors (Lipinski definition) is 0. The van der Waals surface area contributed by atoms with E-state index < -0.39 is 0 Å². The molecule has 0 unspecified atom stereocenters. The monoisotopic (exact) mass is 332 g/mol. The number of benzene rings is 2. The van der Waals surface area contributed by atoms with Gasteiger partial charge in [0.25, 0.3) is 0 Å². The highest BCUT2D eigenvalue weighted by atomic mass is 16.3. The average Bonchev–Trinajstić information content (AvgIpc) is 3.20. The molecule has 0 amide bonds. The van der Waals surface area contributed by atoms with Gasteiger partial charge in [-0.1, -0.05) is 54.6 Å². The van der Waals surface area contributed by atoms with Crippen LogP contribution in [-0.4, -0.2) is 36.0 Å². The normalized spacial score (nSPS) is 16.2. The van der Waals surface area contributed by atoms with Gasteiger partial charge in [-0.2, -0.15) is 0 Å². The molecule has 0 bridgehead atoms. The van der Waals surface area contributed by atoms with Gasteiger partial charge in [-0.25, -0.2) is 0 Å². The predicted molar refractivity (Wildman–Crippen MR) is 101 cm³/mol. The lowest BCUT2D eigenvalue weighted by Crippen LogP contribution is -2.45. The van der Waals surface area contributed by atoms with Gasteiger partial charge in [-0.3, -0.25) is 9.80 Å². The van der Waals surface area contributed by atoms with E-state index in [-0.39, 0.29) is 0 Å². The Morgan fingerprint density at radius 3 is 1.80 bits per heavy atom. The summed E-state index contributed by atoms with van der Waals surface area (Å²) in [6.07, 6.45) is 1.72. The second kappa shape index (κ2) is 7.68. The van der Waals surface area contributed by atoms with Crippen LogP contribution in [0.4, 0.5) is 0 Å². The molecule has 3 heteroatoms. The SMILES string of the molecule is c1ccc(CN2CCN(Cc3ccc(-c4ccco4)cc3)CC2)cc1. The fourth-order valence-corrected chi connectivity index (χ4v) is 3.42. The summed E-state index contributed by atoms with van der Waals surface area (Å²) in [5, 5.41) is 0. The fraction of sp³-hybridized carbons (Fsp3) is 0.273. The molecular formula is C22H24N2O. The first kappa shape index (κ1) is 16.1. The summed E-state index contributed by atoms with van der Waals surface area (Å²) in [6, 6.07) is 23.4. The molecule has 2 aromatic carbocycles. The summed E-state index contributed by atoms with van der Waals surface area (Å²) in [7, 11) is 0. The molecule has 4 rings (SSSR count). The van der Waals surface area contributed by atoms with Gasteiger partial charge in [0.05, 0.1) is 6.26 Å². The first-order valence-electron chi connectivity index (χ1n) is 8.98. The summed E-state index contributed by atoms with van der Waals surface area (Å²) in [5.74, 6) is 0.932. The van der Waals surface area contributed by atoms with E-state index in [1.807, 2.05) is 12.1 Å². The van der Waals surface area contributed by atoms with Crippen molar-refractivity contribution in [2.45, 2.75) is 13.1 Å². The van der Waals surface area contributed by atoms with Crippen LogP contribution in [0.5, 0.6) is 0 Å². The van der Waals surface area contributed by atoms with Gasteiger partial charge in [-0.15, -0.1) is 0 Å². The third kappa shape index (κ3) is 4.19. The highest BCUT2D eigenvalue weighted by Crippen LogP contribution is 2.21. The van der Waals surface area contributed by atoms with E-state index in [4.69, 9.17) is 4.42 Å². The van der Waals surface area contributed by atoms with Crippen LogP contribution >= 0.6 is 0 Å². The lowest BCUT2D eigenvalue weighted by atomic mass is 10.1. The topological polar surface area (TPSA) is 19.6 Å². The van der Waals surface area contributed by atoms with Crippen LogP contribution in [0.2, 0.25) is 0 Å². The molecule has 2 heterocycles. The van der Waals surface area contributed by atoms with Crippen molar-refractivity contribution in [1.29, 1.82) is 0 Å². The van der Waals surface area contributed by atoms with Gasteiger partial charge in [-0.05, 0) is 23.3 Å². The van der Waals surface area contributed by atoms with E-state index in [2.05, 4.69) is 64.4 Å². The summed E-state index contributed by atoms with van der Waals surface area (Å²) in [6.45, 7) is 6.63.